The molecule has 0 aliphatic rings. The molecular weight excluding hydrogens is 302 g/mol. The SMILES string of the molecule is CC(C)c1ncc(/C=C/c2ccccc2)cc1OS(=O)(=O)O. The second-order valence-corrected chi connectivity index (χ2v) is 6.08. The van der Waals surface area contributed by atoms with E-state index in [2.05, 4.69) is 9.17 Å². The van der Waals surface area contributed by atoms with Gasteiger partial charge in [-0.05, 0) is 23.1 Å². The maximum atomic E-state index is 11.0. The summed E-state index contributed by atoms with van der Waals surface area (Å²) in [6.45, 7) is 3.72. The summed E-state index contributed by atoms with van der Waals surface area (Å²) in [6, 6.07) is 11.2. The van der Waals surface area contributed by atoms with Crippen LogP contribution in [0.4, 0.5) is 0 Å². The number of hydrogen-bond donors (Lipinski definition) is 1. The van der Waals surface area contributed by atoms with Crippen molar-refractivity contribution < 1.29 is 17.2 Å². The Bertz CT molecular complexity index is 768. The molecule has 1 N–H and O–H groups in total. The van der Waals surface area contributed by atoms with Gasteiger partial charge in [-0.15, -0.1) is 0 Å². The Kier molecular flexibility index (Phi) is 4.95. The lowest BCUT2D eigenvalue weighted by Gasteiger charge is -2.11. The molecule has 0 amide bonds. The Balaban J connectivity index is 2.34. The highest BCUT2D eigenvalue weighted by molar-refractivity contribution is 7.81. The molecule has 0 saturated carbocycles. The Hall–Kier alpha value is -2.18. The maximum absolute atomic E-state index is 11.0. The lowest BCUT2D eigenvalue weighted by atomic mass is 10.1. The lowest BCUT2D eigenvalue weighted by Crippen LogP contribution is -2.10. The molecule has 0 radical (unpaired) electrons. The molecule has 0 fully saturated rings. The summed E-state index contributed by atoms with van der Waals surface area (Å²) in [5.41, 5.74) is 2.15. The molecule has 22 heavy (non-hydrogen) atoms. The minimum absolute atomic E-state index is 0.0349. The zero-order chi connectivity index (χ0) is 16.2. The van der Waals surface area contributed by atoms with Crippen molar-refractivity contribution in [2.75, 3.05) is 0 Å². The Morgan fingerprint density at radius 2 is 1.77 bits per heavy atom. The molecule has 0 unspecified atom stereocenters. The van der Waals surface area contributed by atoms with Gasteiger partial charge in [0.1, 0.15) is 0 Å². The number of aromatic nitrogens is 1. The van der Waals surface area contributed by atoms with Crippen LogP contribution in [-0.4, -0.2) is 18.0 Å². The minimum Gasteiger partial charge on any atom is -0.360 e. The molecule has 5 nitrogen and oxygen atoms in total. The largest absolute Gasteiger partial charge is 0.446 e. The van der Waals surface area contributed by atoms with Crippen molar-refractivity contribution in [3.63, 3.8) is 0 Å². The first kappa shape index (κ1) is 16.2. The van der Waals surface area contributed by atoms with E-state index in [1.54, 1.807) is 12.3 Å². The average Bonchev–Trinajstić information content (AvgIpc) is 2.44. The van der Waals surface area contributed by atoms with E-state index in [0.717, 1.165) is 5.56 Å². The summed E-state index contributed by atoms with van der Waals surface area (Å²) >= 11 is 0. The smallest absolute Gasteiger partial charge is 0.360 e. The fourth-order valence-corrected chi connectivity index (χ4v) is 2.29. The maximum Gasteiger partial charge on any atom is 0.446 e. The van der Waals surface area contributed by atoms with Crippen molar-refractivity contribution in [3.8, 4) is 5.75 Å². The van der Waals surface area contributed by atoms with Gasteiger partial charge in [0.05, 0.1) is 5.69 Å². The fourth-order valence-electron chi connectivity index (χ4n) is 1.93. The van der Waals surface area contributed by atoms with Crippen LogP contribution in [0.2, 0.25) is 0 Å². The second kappa shape index (κ2) is 6.72. The first-order valence-corrected chi connectivity index (χ1v) is 8.11. The average molecular weight is 319 g/mol. The molecule has 6 heteroatoms. The van der Waals surface area contributed by atoms with E-state index in [1.807, 2.05) is 50.3 Å². The molecule has 1 heterocycles. The van der Waals surface area contributed by atoms with Crippen LogP contribution in [0, 0.1) is 0 Å². The highest BCUT2D eigenvalue weighted by Gasteiger charge is 2.15. The lowest BCUT2D eigenvalue weighted by molar-refractivity contribution is 0.383. The van der Waals surface area contributed by atoms with Gasteiger partial charge >= 0.3 is 10.4 Å². The Labute approximate surface area is 130 Å². The normalized spacial score (nSPS) is 12.0. The van der Waals surface area contributed by atoms with Gasteiger partial charge in [-0.3, -0.25) is 9.54 Å². The van der Waals surface area contributed by atoms with Gasteiger partial charge in [0.25, 0.3) is 0 Å². The van der Waals surface area contributed by atoms with Gasteiger partial charge in [0, 0.05) is 6.20 Å². The number of hydrogen-bond acceptors (Lipinski definition) is 4. The van der Waals surface area contributed by atoms with Gasteiger partial charge in [-0.1, -0.05) is 56.3 Å². The molecule has 2 aromatic rings. The van der Waals surface area contributed by atoms with E-state index in [9.17, 15) is 8.42 Å². The molecule has 1 aromatic carbocycles. The number of nitrogens with zero attached hydrogens (tertiary/aromatic N) is 1. The Morgan fingerprint density at radius 1 is 1.14 bits per heavy atom. The Morgan fingerprint density at radius 3 is 2.36 bits per heavy atom. The van der Waals surface area contributed by atoms with Crippen LogP contribution in [0.1, 0.15) is 36.6 Å². The highest BCUT2D eigenvalue weighted by atomic mass is 32.3. The van der Waals surface area contributed by atoms with Gasteiger partial charge in [-0.2, -0.15) is 8.42 Å². The van der Waals surface area contributed by atoms with Crippen LogP contribution in [-0.2, 0) is 10.4 Å². The first-order chi connectivity index (χ1) is 10.3. The van der Waals surface area contributed by atoms with E-state index in [0.29, 0.717) is 11.3 Å². The van der Waals surface area contributed by atoms with Crippen LogP contribution in [0.3, 0.4) is 0 Å². The molecule has 0 spiro atoms. The third-order valence-electron chi connectivity index (χ3n) is 2.91. The van der Waals surface area contributed by atoms with Gasteiger partial charge < -0.3 is 4.18 Å². The van der Waals surface area contributed by atoms with Crippen molar-refractivity contribution in [1.29, 1.82) is 0 Å². The number of benzene rings is 1. The molecular formula is C16H17NO4S. The highest BCUT2D eigenvalue weighted by Crippen LogP contribution is 2.27. The first-order valence-electron chi connectivity index (χ1n) is 6.75. The standard InChI is InChI=1S/C16H17NO4S/c1-12(2)16-15(21-22(18,19)20)10-14(11-17-16)9-8-13-6-4-3-5-7-13/h3-12H,1-2H3,(H,18,19,20)/b9-8+. The number of rotatable bonds is 5. The van der Waals surface area contributed by atoms with Gasteiger partial charge in [0.2, 0.25) is 0 Å². The second-order valence-electron chi connectivity index (χ2n) is 5.06. The summed E-state index contributed by atoms with van der Waals surface area (Å²) in [5, 5.41) is 0. The summed E-state index contributed by atoms with van der Waals surface area (Å²) < 4.78 is 35.4. The molecule has 0 bridgehead atoms. The van der Waals surface area contributed by atoms with E-state index in [4.69, 9.17) is 4.55 Å². The van der Waals surface area contributed by atoms with Crippen molar-refractivity contribution >= 4 is 22.6 Å². The molecule has 0 aliphatic carbocycles. The monoisotopic (exact) mass is 319 g/mol. The van der Waals surface area contributed by atoms with E-state index >= 15 is 0 Å². The molecule has 116 valence electrons. The van der Waals surface area contributed by atoms with E-state index in [-0.39, 0.29) is 11.7 Å². The molecule has 0 aliphatic heterocycles. The van der Waals surface area contributed by atoms with Gasteiger partial charge in [-0.25, -0.2) is 0 Å². The van der Waals surface area contributed by atoms with Crippen molar-refractivity contribution in [2.45, 2.75) is 19.8 Å². The summed E-state index contributed by atoms with van der Waals surface area (Å²) in [5.74, 6) is -0.00313. The summed E-state index contributed by atoms with van der Waals surface area (Å²) in [4.78, 5) is 4.22. The summed E-state index contributed by atoms with van der Waals surface area (Å²) in [6.07, 6.45) is 5.30. The molecule has 1 aromatic heterocycles. The topological polar surface area (TPSA) is 76.5 Å². The number of pyridine rings is 1. The minimum atomic E-state index is -4.58. The zero-order valence-corrected chi connectivity index (χ0v) is 13.1. The van der Waals surface area contributed by atoms with E-state index in [1.165, 1.54) is 6.07 Å². The van der Waals surface area contributed by atoms with Crippen molar-refractivity contribution in [3.05, 3.63) is 59.4 Å². The van der Waals surface area contributed by atoms with Crippen LogP contribution in [0.25, 0.3) is 12.2 Å². The quantitative estimate of drug-likeness (QED) is 0.853. The van der Waals surface area contributed by atoms with Gasteiger partial charge in [0.15, 0.2) is 5.75 Å². The molecule has 0 atom stereocenters. The predicted molar refractivity (Wildman–Crippen MR) is 85.9 cm³/mol. The third-order valence-corrected chi connectivity index (χ3v) is 3.30. The fraction of sp³-hybridized carbons (Fsp3) is 0.188. The third kappa shape index (κ3) is 4.68. The van der Waals surface area contributed by atoms with Crippen LogP contribution in [0.5, 0.6) is 5.75 Å². The van der Waals surface area contributed by atoms with E-state index < -0.39 is 10.4 Å². The zero-order valence-electron chi connectivity index (χ0n) is 12.3. The molecule has 0 saturated heterocycles. The van der Waals surface area contributed by atoms with Crippen LogP contribution >= 0.6 is 0 Å². The van der Waals surface area contributed by atoms with Crippen LogP contribution < -0.4 is 4.18 Å². The molecule has 2 rings (SSSR count). The van der Waals surface area contributed by atoms with Crippen molar-refractivity contribution in [1.82, 2.24) is 4.98 Å². The predicted octanol–water partition coefficient (Wildman–Crippen LogP) is 3.56. The summed E-state index contributed by atoms with van der Waals surface area (Å²) in [7, 11) is -4.58. The van der Waals surface area contributed by atoms with Crippen molar-refractivity contribution in [2.24, 2.45) is 0 Å². The van der Waals surface area contributed by atoms with Crippen LogP contribution in [0.15, 0.2) is 42.6 Å².